The van der Waals surface area contributed by atoms with Crippen molar-refractivity contribution in [3.05, 3.63) is 0 Å². The maximum absolute atomic E-state index is 12.7. The number of aliphatic hydroxyl groups excluding tert-OH is 1. The summed E-state index contributed by atoms with van der Waals surface area (Å²) in [5.74, 6) is -6.70. The lowest BCUT2D eigenvalue weighted by atomic mass is 9.78. The largest absolute Gasteiger partial charge is 0.481 e. The molecule has 0 saturated carbocycles. The highest BCUT2D eigenvalue weighted by Gasteiger charge is 2.66. The van der Waals surface area contributed by atoms with Gasteiger partial charge >= 0.3 is 11.9 Å². The Hall–Kier alpha value is -1.42. The molecule has 6 heterocycles. The highest BCUT2D eigenvalue weighted by Crippen LogP contribution is 2.57. The molecule has 6 fully saturated rings. The van der Waals surface area contributed by atoms with Crippen LogP contribution in [0.5, 0.6) is 0 Å². The topological polar surface area (TPSA) is 180 Å². The smallest absolute Gasteiger partial charge is 0.309 e. The van der Waals surface area contributed by atoms with E-state index in [0.29, 0.717) is 32.1 Å². The first-order chi connectivity index (χ1) is 24.7. The Morgan fingerprint density at radius 3 is 2.23 bits per heavy atom. The van der Waals surface area contributed by atoms with Crippen LogP contribution < -0.4 is 0 Å². The molecule has 0 unspecified atom stereocenters. The van der Waals surface area contributed by atoms with Crippen molar-refractivity contribution in [2.45, 2.75) is 191 Å². The summed E-state index contributed by atoms with van der Waals surface area (Å²) >= 11 is 0. The lowest BCUT2D eigenvalue weighted by molar-refractivity contribution is -0.353. The van der Waals surface area contributed by atoms with Gasteiger partial charge in [0.1, 0.15) is 6.10 Å². The number of aliphatic carboxylic acids is 2. The summed E-state index contributed by atoms with van der Waals surface area (Å²) < 4.78 is 46.3. The Morgan fingerprint density at radius 2 is 1.58 bits per heavy atom. The number of methoxy groups -OCH3 is 1. The van der Waals surface area contributed by atoms with E-state index in [1.54, 1.807) is 21.0 Å². The fourth-order valence-electron chi connectivity index (χ4n) is 11.1. The Balaban J connectivity index is 1.17. The van der Waals surface area contributed by atoms with Crippen LogP contribution in [0.2, 0.25) is 0 Å². The summed E-state index contributed by atoms with van der Waals surface area (Å²) in [5, 5.41) is 42.0. The molecule has 304 valence electrons. The van der Waals surface area contributed by atoms with E-state index in [4.69, 9.17) is 33.2 Å². The van der Waals surface area contributed by atoms with Crippen LogP contribution in [0.3, 0.4) is 0 Å². The van der Waals surface area contributed by atoms with Crippen LogP contribution in [0.15, 0.2) is 0 Å². The van der Waals surface area contributed by atoms with Crippen LogP contribution in [-0.2, 0) is 42.7 Å². The molecule has 13 nitrogen and oxygen atoms in total. The molecule has 0 aliphatic carbocycles. The number of carboxylic acid groups (broad SMARTS) is 2. The monoisotopic (exact) mass is 754 g/mol. The second kappa shape index (κ2) is 14.8. The van der Waals surface area contributed by atoms with Crippen molar-refractivity contribution >= 4 is 11.9 Å². The Labute approximate surface area is 314 Å². The molecule has 0 aromatic heterocycles. The summed E-state index contributed by atoms with van der Waals surface area (Å²) in [5.41, 5.74) is -1.68. The third kappa shape index (κ3) is 7.33. The molecule has 0 bridgehead atoms. The predicted octanol–water partition coefficient (Wildman–Crippen LogP) is 4.77. The van der Waals surface area contributed by atoms with Gasteiger partial charge in [0.2, 0.25) is 0 Å². The molecule has 20 atom stereocenters. The molecule has 0 radical (unpaired) electrons. The Morgan fingerprint density at radius 1 is 0.887 bits per heavy atom. The zero-order valence-electron chi connectivity index (χ0n) is 33.4. The van der Waals surface area contributed by atoms with Crippen LogP contribution >= 0.6 is 0 Å². The minimum absolute atomic E-state index is 0.0177. The van der Waals surface area contributed by atoms with Gasteiger partial charge in [-0.05, 0) is 72.1 Å². The van der Waals surface area contributed by atoms with E-state index < -0.39 is 76.9 Å². The van der Waals surface area contributed by atoms with Gasteiger partial charge in [0, 0.05) is 43.6 Å². The van der Waals surface area contributed by atoms with Crippen molar-refractivity contribution < 1.29 is 63.2 Å². The molecule has 53 heavy (non-hydrogen) atoms. The number of aliphatic hydroxyl groups is 2. The van der Waals surface area contributed by atoms with E-state index >= 15 is 0 Å². The Bertz CT molecular complexity index is 1340. The van der Waals surface area contributed by atoms with E-state index in [1.807, 2.05) is 13.8 Å². The van der Waals surface area contributed by atoms with Crippen LogP contribution in [0.4, 0.5) is 0 Å². The molecule has 6 rings (SSSR count). The fraction of sp³-hybridized carbons (Fsp3) is 0.950. The summed E-state index contributed by atoms with van der Waals surface area (Å²) in [4.78, 5) is 24.5. The molecule has 6 aliphatic rings. The van der Waals surface area contributed by atoms with Gasteiger partial charge in [0.15, 0.2) is 11.6 Å². The summed E-state index contributed by atoms with van der Waals surface area (Å²) in [6, 6.07) is 0. The van der Waals surface area contributed by atoms with Gasteiger partial charge in [-0.3, -0.25) is 9.59 Å². The van der Waals surface area contributed by atoms with Crippen molar-refractivity contribution in [2.75, 3.05) is 7.11 Å². The van der Waals surface area contributed by atoms with Gasteiger partial charge in [0.25, 0.3) is 0 Å². The average Bonchev–Trinajstić information content (AvgIpc) is 3.79. The second-order valence-corrected chi connectivity index (χ2v) is 18.4. The molecule has 6 aliphatic heterocycles. The van der Waals surface area contributed by atoms with Crippen molar-refractivity contribution in [3.8, 4) is 0 Å². The number of hydrogen-bond donors (Lipinski definition) is 4. The molecule has 0 aromatic carbocycles. The summed E-state index contributed by atoms with van der Waals surface area (Å²) in [6.45, 7) is 17.1. The highest BCUT2D eigenvalue weighted by atomic mass is 16.7. The zero-order valence-corrected chi connectivity index (χ0v) is 33.4. The molecular weight excluding hydrogens is 688 g/mol. The number of ether oxygens (including phenoxy) is 7. The van der Waals surface area contributed by atoms with Gasteiger partial charge in [-0.1, -0.05) is 34.6 Å². The minimum Gasteiger partial charge on any atom is -0.481 e. The van der Waals surface area contributed by atoms with E-state index in [9.17, 15) is 30.0 Å². The van der Waals surface area contributed by atoms with Crippen molar-refractivity contribution in [1.82, 2.24) is 0 Å². The maximum atomic E-state index is 12.7. The van der Waals surface area contributed by atoms with Gasteiger partial charge in [-0.2, -0.15) is 0 Å². The first-order valence-corrected chi connectivity index (χ1v) is 20.1. The van der Waals surface area contributed by atoms with Crippen molar-refractivity contribution in [1.29, 1.82) is 0 Å². The number of carboxylic acids is 2. The van der Waals surface area contributed by atoms with Crippen LogP contribution in [0.1, 0.15) is 114 Å². The zero-order chi connectivity index (χ0) is 39.0. The number of carbonyl (C=O) groups is 2. The number of hydrogen-bond acceptors (Lipinski definition) is 11. The van der Waals surface area contributed by atoms with Crippen molar-refractivity contribution in [3.63, 3.8) is 0 Å². The van der Waals surface area contributed by atoms with Gasteiger partial charge in [-0.15, -0.1) is 0 Å². The lowest BCUT2D eigenvalue weighted by Gasteiger charge is -2.50. The van der Waals surface area contributed by atoms with Gasteiger partial charge < -0.3 is 53.6 Å². The fourth-order valence-corrected chi connectivity index (χ4v) is 11.1. The predicted molar refractivity (Wildman–Crippen MR) is 191 cm³/mol. The Kier molecular flexibility index (Phi) is 11.5. The lowest BCUT2D eigenvalue weighted by Crippen LogP contribution is -2.58. The molecule has 6 saturated heterocycles. The standard InChI is InChI=1S/C40H66O13/c1-19-11-12-25(48-32(19)22(4)35(42)43)15-26-16-28(47-10)23(5)40(50-26)20(2)18-38(8,53-40)30-13-14-37(7,51-30)34-27(36(44)45)17-29(49-34)33-21(3)31(41)24(6)39(9,46)52-33/h19-34,41,46H,11-18H2,1-10H3,(H,42,43)(H,44,45)/t19-,20+,21-,22+,23+,24+,25+,26+,27-,28+,29+,30+,31-,32+,33-,34+,37-,38-,39-,40+/m0/s1. The van der Waals surface area contributed by atoms with Crippen molar-refractivity contribution in [2.24, 2.45) is 41.4 Å². The third-order valence-electron chi connectivity index (χ3n) is 14.6. The van der Waals surface area contributed by atoms with E-state index in [2.05, 4.69) is 27.7 Å². The minimum atomic E-state index is -1.58. The van der Waals surface area contributed by atoms with E-state index in [-0.39, 0.29) is 60.6 Å². The van der Waals surface area contributed by atoms with Crippen LogP contribution in [-0.4, -0.2) is 117 Å². The molecular formula is C40H66O13. The first kappa shape index (κ1) is 41.2. The molecule has 1 spiro atoms. The van der Waals surface area contributed by atoms with E-state index in [0.717, 1.165) is 12.8 Å². The van der Waals surface area contributed by atoms with Gasteiger partial charge in [-0.25, -0.2) is 0 Å². The molecule has 0 aromatic rings. The molecule has 4 N–H and O–H groups in total. The average molecular weight is 755 g/mol. The summed E-state index contributed by atoms with van der Waals surface area (Å²) in [6.07, 6.45) is 0.867. The van der Waals surface area contributed by atoms with Gasteiger partial charge in [0.05, 0.1) is 71.9 Å². The maximum Gasteiger partial charge on any atom is 0.309 e. The molecule has 0 amide bonds. The normalized spacial score (nSPS) is 53.9. The highest BCUT2D eigenvalue weighted by molar-refractivity contribution is 5.71. The molecule has 13 heteroatoms. The summed E-state index contributed by atoms with van der Waals surface area (Å²) in [7, 11) is 1.72. The SMILES string of the molecule is CO[C@@H]1C[C@@H](C[C@H]2CC[C@H](C)[C@H]([C@@H](C)C(=O)O)O2)O[C@]2(O[C@](C)([C@H]3CC[C@@](C)([C@@H]4O[C@@H]([C@H]5O[C@](C)(O)[C@H](C)[C@@H](O)[C@@H]5C)C[C@@H]4C(=O)O)O3)C[C@H]2C)[C@@H]1C. The quantitative estimate of drug-likeness (QED) is 0.253. The second-order valence-electron chi connectivity index (χ2n) is 18.4. The van der Waals surface area contributed by atoms with E-state index in [1.165, 1.54) is 6.92 Å². The van der Waals surface area contributed by atoms with Crippen LogP contribution in [0.25, 0.3) is 0 Å². The number of rotatable bonds is 9. The first-order valence-electron chi connectivity index (χ1n) is 20.1. The third-order valence-corrected chi connectivity index (χ3v) is 14.6. The van der Waals surface area contributed by atoms with Crippen LogP contribution in [0, 0.1) is 41.4 Å².